The Kier molecular flexibility index (Phi) is 3.03. The molecule has 0 aromatic carbocycles. The van der Waals surface area contributed by atoms with Crippen molar-refractivity contribution in [3.05, 3.63) is 12.2 Å². The molecular formula is C10H12F2O4. The summed E-state index contributed by atoms with van der Waals surface area (Å²) in [5.74, 6) is -2.95. The number of alkyl halides is 2. The van der Waals surface area contributed by atoms with Gasteiger partial charge in [0, 0.05) is 0 Å². The van der Waals surface area contributed by atoms with Gasteiger partial charge in [-0.05, 0) is 19.8 Å². The molecule has 1 rings (SSSR count). The number of hydrogen-bond donors (Lipinski definition) is 2. The van der Waals surface area contributed by atoms with Gasteiger partial charge in [-0.3, -0.25) is 9.59 Å². The van der Waals surface area contributed by atoms with Gasteiger partial charge in [-0.1, -0.05) is 12.2 Å². The lowest BCUT2D eigenvalue weighted by molar-refractivity contribution is -0.166. The van der Waals surface area contributed by atoms with E-state index < -0.39 is 35.6 Å². The van der Waals surface area contributed by atoms with Gasteiger partial charge in [0.1, 0.15) is 5.41 Å². The van der Waals surface area contributed by atoms with E-state index in [2.05, 4.69) is 0 Å². The second kappa shape index (κ2) is 3.84. The number of carboxylic acid groups (broad SMARTS) is 2. The van der Waals surface area contributed by atoms with E-state index in [1.54, 1.807) is 0 Å². The van der Waals surface area contributed by atoms with Crippen LogP contribution in [0.3, 0.4) is 0 Å². The molecule has 0 spiro atoms. The highest BCUT2D eigenvalue weighted by Crippen LogP contribution is 2.46. The summed E-state index contributed by atoms with van der Waals surface area (Å²) in [4.78, 5) is 21.8. The quantitative estimate of drug-likeness (QED) is 0.729. The molecule has 0 heterocycles. The van der Waals surface area contributed by atoms with Crippen molar-refractivity contribution in [1.82, 2.24) is 0 Å². The first-order valence-corrected chi connectivity index (χ1v) is 4.67. The zero-order valence-corrected chi connectivity index (χ0v) is 8.61. The van der Waals surface area contributed by atoms with Gasteiger partial charge in [-0.25, -0.2) is 8.78 Å². The van der Waals surface area contributed by atoms with Crippen molar-refractivity contribution in [2.24, 2.45) is 10.8 Å². The molecule has 0 bridgehead atoms. The number of aliphatic carboxylic acids is 2. The minimum atomic E-state index is -3.09. The Morgan fingerprint density at radius 3 is 2.25 bits per heavy atom. The average molecular weight is 234 g/mol. The van der Waals surface area contributed by atoms with Gasteiger partial charge in [-0.2, -0.15) is 0 Å². The van der Waals surface area contributed by atoms with E-state index in [4.69, 9.17) is 10.2 Å². The maximum atomic E-state index is 12.8. The third kappa shape index (κ3) is 1.79. The summed E-state index contributed by atoms with van der Waals surface area (Å²) in [6.45, 7) is 1.24. The fraction of sp³-hybridized carbons (Fsp3) is 0.600. The topological polar surface area (TPSA) is 74.6 Å². The predicted octanol–water partition coefficient (Wildman–Crippen LogP) is 1.76. The van der Waals surface area contributed by atoms with E-state index in [9.17, 15) is 18.4 Å². The second-order valence-corrected chi connectivity index (χ2v) is 4.27. The molecular weight excluding hydrogens is 222 g/mol. The van der Waals surface area contributed by atoms with Gasteiger partial charge in [0.2, 0.25) is 0 Å². The normalized spacial score (nSPS) is 34.0. The highest BCUT2D eigenvalue weighted by molar-refractivity contribution is 5.81. The Bertz CT molecular complexity index is 353. The molecule has 0 aromatic rings. The third-order valence-electron chi connectivity index (χ3n) is 2.98. The molecule has 6 heteroatoms. The highest BCUT2D eigenvalue weighted by Gasteiger charge is 2.54. The molecule has 0 radical (unpaired) electrons. The van der Waals surface area contributed by atoms with E-state index in [1.165, 1.54) is 19.1 Å². The molecule has 0 aliphatic heterocycles. The smallest absolute Gasteiger partial charge is 0.315 e. The maximum Gasteiger partial charge on any atom is 0.315 e. The summed E-state index contributed by atoms with van der Waals surface area (Å²) in [5.41, 5.74) is -3.84. The van der Waals surface area contributed by atoms with Gasteiger partial charge < -0.3 is 10.2 Å². The van der Waals surface area contributed by atoms with E-state index in [1.807, 2.05) is 0 Å². The van der Waals surface area contributed by atoms with E-state index in [0.717, 1.165) is 0 Å². The van der Waals surface area contributed by atoms with E-state index in [0.29, 0.717) is 0 Å². The zero-order chi connectivity index (χ0) is 12.6. The van der Waals surface area contributed by atoms with Gasteiger partial charge in [0.15, 0.2) is 0 Å². The minimum Gasteiger partial charge on any atom is -0.481 e. The third-order valence-corrected chi connectivity index (χ3v) is 2.98. The van der Waals surface area contributed by atoms with Crippen LogP contribution in [0.5, 0.6) is 0 Å². The standard InChI is InChI=1S/C10H12F2O4/c1-9(7(13)14)3-2-4-10(5-9,6(11)12)8(15)16/h2-3,6H,4-5H2,1H3,(H,13,14)(H,15,16). The van der Waals surface area contributed by atoms with Crippen LogP contribution in [0.1, 0.15) is 19.8 Å². The van der Waals surface area contributed by atoms with Crippen LogP contribution in [-0.4, -0.2) is 28.6 Å². The summed E-state index contributed by atoms with van der Waals surface area (Å²) in [7, 11) is 0. The van der Waals surface area contributed by atoms with Crippen LogP contribution in [-0.2, 0) is 9.59 Å². The van der Waals surface area contributed by atoms with E-state index in [-0.39, 0.29) is 6.42 Å². The van der Waals surface area contributed by atoms with Crippen LogP contribution in [0.15, 0.2) is 12.2 Å². The van der Waals surface area contributed by atoms with Gasteiger partial charge >= 0.3 is 11.9 Å². The molecule has 0 saturated heterocycles. The predicted molar refractivity (Wildman–Crippen MR) is 50.2 cm³/mol. The molecule has 16 heavy (non-hydrogen) atoms. The summed E-state index contributed by atoms with van der Waals surface area (Å²) in [6, 6.07) is 0. The van der Waals surface area contributed by atoms with Gasteiger partial charge in [0.25, 0.3) is 6.43 Å². The van der Waals surface area contributed by atoms with Crippen LogP contribution >= 0.6 is 0 Å². The van der Waals surface area contributed by atoms with Crippen molar-refractivity contribution in [2.75, 3.05) is 0 Å². The summed E-state index contributed by atoms with van der Waals surface area (Å²) >= 11 is 0. The molecule has 1 aliphatic carbocycles. The van der Waals surface area contributed by atoms with E-state index >= 15 is 0 Å². The molecule has 4 nitrogen and oxygen atoms in total. The summed E-state index contributed by atoms with van der Waals surface area (Å²) in [5, 5.41) is 17.8. The molecule has 90 valence electrons. The Labute approximate surface area is 90.6 Å². The lowest BCUT2D eigenvalue weighted by atomic mass is 9.66. The highest BCUT2D eigenvalue weighted by atomic mass is 19.3. The van der Waals surface area contributed by atoms with Crippen LogP contribution in [0.25, 0.3) is 0 Å². The molecule has 1 aliphatic rings. The first-order valence-electron chi connectivity index (χ1n) is 4.67. The van der Waals surface area contributed by atoms with Crippen molar-refractivity contribution in [3.63, 3.8) is 0 Å². The first kappa shape index (κ1) is 12.6. The number of carbonyl (C=O) groups is 2. The molecule has 2 atom stereocenters. The van der Waals surface area contributed by atoms with Crippen molar-refractivity contribution in [1.29, 1.82) is 0 Å². The first-order chi connectivity index (χ1) is 7.24. The molecule has 2 unspecified atom stereocenters. The molecule has 2 N–H and O–H groups in total. The lowest BCUT2D eigenvalue weighted by Crippen LogP contribution is -2.46. The molecule has 0 aromatic heterocycles. The van der Waals surface area contributed by atoms with Crippen molar-refractivity contribution in [3.8, 4) is 0 Å². The van der Waals surface area contributed by atoms with Crippen molar-refractivity contribution < 1.29 is 28.6 Å². The lowest BCUT2D eigenvalue weighted by Gasteiger charge is -2.37. The SMILES string of the molecule is CC1(C(=O)O)C=CCC(C(=O)O)(C(F)F)C1. The fourth-order valence-electron chi connectivity index (χ4n) is 1.89. The number of hydrogen-bond acceptors (Lipinski definition) is 2. The molecule has 0 fully saturated rings. The van der Waals surface area contributed by atoms with Crippen molar-refractivity contribution >= 4 is 11.9 Å². The number of carboxylic acids is 2. The second-order valence-electron chi connectivity index (χ2n) is 4.27. The zero-order valence-electron chi connectivity index (χ0n) is 8.61. The van der Waals surface area contributed by atoms with Crippen LogP contribution in [0, 0.1) is 10.8 Å². The van der Waals surface area contributed by atoms with Crippen LogP contribution < -0.4 is 0 Å². The Morgan fingerprint density at radius 2 is 1.88 bits per heavy atom. The fourth-order valence-corrected chi connectivity index (χ4v) is 1.89. The Hall–Kier alpha value is -1.46. The molecule has 0 amide bonds. The number of allylic oxidation sites excluding steroid dienone is 1. The number of rotatable bonds is 3. The maximum absolute atomic E-state index is 12.8. The van der Waals surface area contributed by atoms with Crippen LogP contribution in [0.4, 0.5) is 8.78 Å². The molecule has 0 saturated carbocycles. The Balaban J connectivity index is 3.15. The Morgan fingerprint density at radius 1 is 1.31 bits per heavy atom. The summed E-state index contributed by atoms with van der Waals surface area (Å²) < 4.78 is 25.7. The largest absolute Gasteiger partial charge is 0.481 e. The van der Waals surface area contributed by atoms with Gasteiger partial charge in [0.05, 0.1) is 5.41 Å². The average Bonchev–Trinajstić information content (AvgIpc) is 2.16. The van der Waals surface area contributed by atoms with Crippen LogP contribution in [0.2, 0.25) is 0 Å². The number of halogens is 2. The van der Waals surface area contributed by atoms with Crippen molar-refractivity contribution in [2.45, 2.75) is 26.2 Å². The minimum absolute atomic E-state index is 0.344. The van der Waals surface area contributed by atoms with Gasteiger partial charge in [-0.15, -0.1) is 0 Å². The monoisotopic (exact) mass is 234 g/mol. The summed E-state index contributed by atoms with van der Waals surface area (Å²) in [6.07, 6.45) is -1.55.